The summed E-state index contributed by atoms with van der Waals surface area (Å²) in [5, 5.41) is 8.87. The third-order valence-corrected chi connectivity index (χ3v) is 5.45. The van der Waals surface area contributed by atoms with E-state index in [1.165, 1.54) is 12.5 Å². The third kappa shape index (κ3) is 8.87. The van der Waals surface area contributed by atoms with Crippen molar-refractivity contribution in [1.29, 1.82) is 5.26 Å². The van der Waals surface area contributed by atoms with Gasteiger partial charge in [-0.1, -0.05) is 62.8 Å². The summed E-state index contributed by atoms with van der Waals surface area (Å²) in [5.41, 5.74) is 7.07. The summed E-state index contributed by atoms with van der Waals surface area (Å²) in [6.45, 7) is 17.8. The Hall–Kier alpha value is -3.71. The molecule has 0 saturated heterocycles. The lowest BCUT2D eigenvalue weighted by molar-refractivity contribution is 0.0827. The molecule has 0 saturated carbocycles. The molecule has 2 aromatic carbocycles. The normalized spacial score (nSPS) is 11.7. The molecule has 0 aliphatic carbocycles. The van der Waals surface area contributed by atoms with E-state index in [4.69, 9.17) is 5.26 Å². The molecule has 2 rings (SSSR count). The van der Waals surface area contributed by atoms with Gasteiger partial charge in [0.25, 0.3) is 5.91 Å². The summed E-state index contributed by atoms with van der Waals surface area (Å²) in [7, 11) is 3.52. The van der Waals surface area contributed by atoms with E-state index in [2.05, 4.69) is 52.5 Å². The Kier molecular flexibility index (Phi) is 10.6. The van der Waals surface area contributed by atoms with Crippen molar-refractivity contribution in [3.05, 3.63) is 100 Å². The standard InChI is InChI=1S/C18H23NO.C13H15NO/c1-7-14(4)11-17(13(2)3)15-9-8-10-16(12-15)18(20)19(5)6;1-9(15)11-5-10(8-14)6-12(7-11)13(2,3)4/h7-12H,2H2,1,3-6H3;5-7H,1-4H3/b14-7-,17-11+;. The van der Waals surface area contributed by atoms with Gasteiger partial charge in [0.05, 0.1) is 11.6 Å². The molecule has 0 unspecified atom stereocenters. The highest BCUT2D eigenvalue weighted by atomic mass is 16.2. The fourth-order valence-electron chi connectivity index (χ4n) is 3.17. The minimum Gasteiger partial charge on any atom is -0.345 e. The molecule has 0 atom stereocenters. The molecule has 0 radical (unpaired) electrons. The van der Waals surface area contributed by atoms with Gasteiger partial charge in [-0.15, -0.1) is 0 Å². The Morgan fingerprint density at radius 3 is 2.03 bits per heavy atom. The predicted octanol–water partition coefficient (Wildman–Crippen LogP) is 7.37. The van der Waals surface area contributed by atoms with Gasteiger partial charge in [0, 0.05) is 25.2 Å². The average Bonchev–Trinajstić information content (AvgIpc) is 2.81. The molecule has 2 aromatic rings. The number of Topliss-reactive ketones (excluding diaryl/α,β-unsaturated/α-hetero) is 1. The van der Waals surface area contributed by atoms with Crippen molar-refractivity contribution in [1.82, 2.24) is 4.90 Å². The second kappa shape index (κ2) is 12.7. The van der Waals surface area contributed by atoms with E-state index in [1.807, 2.05) is 50.2 Å². The van der Waals surface area contributed by atoms with Gasteiger partial charge in [-0.2, -0.15) is 5.26 Å². The number of allylic oxidation sites excluding steroid dienone is 5. The van der Waals surface area contributed by atoms with Crippen molar-refractivity contribution < 1.29 is 9.59 Å². The van der Waals surface area contributed by atoms with E-state index in [0.29, 0.717) is 16.7 Å². The van der Waals surface area contributed by atoms with Crippen molar-refractivity contribution >= 4 is 17.3 Å². The SMILES string of the molecule is C=C(C)/C(=C\C(C)=C/C)c1cccc(C(=O)N(C)C)c1.CC(=O)c1cc(C#N)cc(C(C)(C)C)c1. The number of hydrogen-bond donors (Lipinski definition) is 0. The summed E-state index contributed by atoms with van der Waals surface area (Å²) >= 11 is 0. The Balaban J connectivity index is 0.000000365. The maximum Gasteiger partial charge on any atom is 0.253 e. The molecule has 35 heavy (non-hydrogen) atoms. The number of carbonyl (C=O) groups excluding carboxylic acids is 2. The van der Waals surface area contributed by atoms with E-state index in [9.17, 15) is 9.59 Å². The fraction of sp³-hybridized carbons (Fsp3) is 0.323. The first-order valence-electron chi connectivity index (χ1n) is 11.6. The molecule has 4 heteroatoms. The van der Waals surface area contributed by atoms with Gasteiger partial charge < -0.3 is 4.90 Å². The van der Waals surface area contributed by atoms with Crippen LogP contribution in [0.2, 0.25) is 0 Å². The van der Waals surface area contributed by atoms with Crippen LogP contribution >= 0.6 is 0 Å². The van der Waals surface area contributed by atoms with E-state index >= 15 is 0 Å². The van der Waals surface area contributed by atoms with Crippen LogP contribution in [-0.2, 0) is 5.41 Å². The fourth-order valence-corrected chi connectivity index (χ4v) is 3.17. The number of hydrogen-bond acceptors (Lipinski definition) is 3. The zero-order valence-corrected chi connectivity index (χ0v) is 22.6. The minimum absolute atomic E-state index is 0.00222. The molecule has 0 heterocycles. The largest absolute Gasteiger partial charge is 0.345 e. The second-order valence-corrected chi connectivity index (χ2v) is 9.87. The highest BCUT2D eigenvalue weighted by Gasteiger charge is 2.16. The van der Waals surface area contributed by atoms with E-state index in [0.717, 1.165) is 22.3 Å². The molecule has 0 aliphatic heterocycles. The molecule has 0 spiro atoms. The highest BCUT2D eigenvalue weighted by Crippen LogP contribution is 2.25. The molecule has 0 aromatic heterocycles. The Morgan fingerprint density at radius 2 is 1.57 bits per heavy atom. The zero-order chi connectivity index (χ0) is 26.9. The van der Waals surface area contributed by atoms with Crippen LogP contribution in [0.15, 0.2) is 72.3 Å². The van der Waals surface area contributed by atoms with Crippen LogP contribution in [0.5, 0.6) is 0 Å². The number of ketones is 1. The summed E-state index contributed by atoms with van der Waals surface area (Å²) < 4.78 is 0. The molecule has 1 amide bonds. The molecule has 0 aliphatic rings. The lowest BCUT2D eigenvalue weighted by atomic mass is 9.85. The maximum absolute atomic E-state index is 12.0. The Morgan fingerprint density at radius 1 is 0.971 bits per heavy atom. The van der Waals surface area contributed by atoms with E-state index < -0.39 is 0 Å². The van der Waals surface area contributed by atoms with Crippen molar-refractivity contribution in [3.8, 4) is 6.07 Å². The molecule has 0 N–H and O–H groups in total. The summed E-state index contributed by atoms with van der Waals surface area (Å²) in [6, 6.07) is 15.1. The van der Waals surface area contributed by atoms with Crippen LogP contribution in [-0.4, -0.2) is 30.7 Å². The summed E-state index contributed by atoms with van der Waals surface area (Å²) in [4.78, 5) is 24.9. The van der Waals surface area contributed by atoms with Crippen molar-refractivity contribution in [3.63, 3.8) is 0 Å². The topological polar surface area (TPSA) is 61.2 Å². The summed E-state index contributed by atoms with van der Waals surface area (Å²) in [6.07, 6.45) is 4.15. The van der Waals surface area contributed by atoms with Crippen LogP contribution < -0.4 is 0 Å². The lowest BCUT2D eigenvalue weighted by Crippen LogP contribution is -2.21. The highest BCUT2D eigenvalue weighted by molar-refractivity contribution is 5.95. The smallest absolute Gasteiger partial charge is 0.253 e. The monoisotopic (exact) mass is 470 g/mol. The molecule has 0 bridgehead atoms. The molecule has 184 valence electrons. The van der Waals surface area contributed by atoms with Gasteiger partial charge in [0.1, 0.15) is 0 Å². The maximum atomic E-state index is 12.0. The first-order chi connectivity index (χ1) is 16.2. The number of nitrogens with zero attached hydrogens (tertiary/aromatic N) is 2. The van der Waals surface area contributed by atoms with Crippen LogP contribution in [0, 0.1) is 11.3 Å². The molecule has 4 nitrogen and oxygen atoms in total. The van der Waals surface area contributed by atoms with Crippen LogP contribution in [0.3, 0.4) is 0 Å². The quantitative estimate of drug-likeness (QED) is 0.338. The average molecular weight is 471 g/mol. The number of benzene rings is 2. The molecular weight excluding hydrogens is 432 g/mol. The number of carbonyl (C=O) groups is 2. The number of amides is 1. The summed E-state index contributed by atoms with van der Waals surface area (Å²) in [5.74, 6) is 0.00766. The zero-order valence-electron chi connectivity index (χ0n) is 22.6. The van der Waals surface area contributed by atoms with E-state index in [-0.39, 0.29) is 17.1 Å². The Bertz CT molecular complexity index is 1200. The van der Waals surface area contributed by atoms with Crippen LogP contribution in [0.25, 0.3) is 5.57 Å². The van der Waals surface area contributed by atoms with Gasteiger partial charge >= 0.3 is 0 Å². The van der Waals surface area contributed by atoms with Crippen LogP contribution in [0.1, 0.15) is 85.9 Å². The van der Waals surface area contributed by atoms with E-state index in [1.54, 1.807) is 25.1 Å². The minimum atomic E-state index is -0.0446. The first-order valence-corrected chi connectivity index (χ1v) is 11.6. The number of rotatable bonds is 5. The lowest BCUT2D eigenvalue weighted by Gasteiger charge is -2.19. The van der Waals surface area contributed by atoms with Gasteiger partial charge in [-0.05, 0) is 80.1 Å². The van der Waals surface area contributed by atoms with Crippen molar-refractivity contribution in [2.75, 3.05) is 14.1 Å². The van der Waals surface area contributed by atoms with Crippen molar-refractivity contribution in [2.24, 2.45) is 0 Å². The molecular formula is C31H38N2O2. The number of nitriles is 1. The second-order valence-electron chi connectivity index (χ2n) is 9.87. The van der Waals surface area contributed by atoms with Gasteiger partial charge in [-0.25, -0.2) is 0 Å². The van der Waals surface area contributed by atoms with Gasteiger partial charge in [0.2, 0.25) is 0 Å². The Labute approximate surface area is 211 Å². The van der Waals surface area contributed by atoms with Crippen molar-refractivity contribution in [2.45, 2.75) is 53.9 Å². The van der Waals surface area contributed by atoms with Gasteiger partial charge in [-0.3, -0.25) is 9.59 Å². The predicted molar refractivity (Wildman–Crippen MR) is 147 cm³/mol. The van der Waals surface area contributed by atoms with Gasteiger partial charge in [0.15, 0.2) is 5.78 Å². The molecule has 0 fully saturated rings. The first kappa shape index (κ1) is 29.3. The third-order valence-electron chi connectivity index (χ3n) is 5.45. The van der Waals surface area contributed by atoms with Crippen LogP contribution in [0.4, 0.5) is 0 Å².